The fourth-order valence-electron chi connectivity index (χ4n) is 4.53. The number of amides is 1. The Bertz CT molecular complexity index is 1210. The van der Waals surface area contributed by atoms with Crippen LogP contribution in [0.2, 0.25) is 25.7 Å². The van der Waals surface area contributed by atoms with Crippen LogP contribution in [0.5, 0.6) is 5.75 Å². The molecule has 34 heavy (non-hydrogen) atoms. The molecule has 2 heterocycles. The first-order valence-electron chi connectivity index (χ1n) is 12.1. The van der Waals surface area contributed by atoms with Gasteiger partial charge >= 0.3 is 0 Å². The van der Waals surface area contributed by atoms with Crippen molar-refractivity contribution in [3.8, 4) is 5.75 Å². The molecule has 0 spiro atoms. The standard InChI is InChI=1S/C27H37N3O3Si/c1-18-10-8-9-11-20(18)24-13-12-21-22(27(31)29(3)4)16-23-25(26(21)33-24)28-19(2)30(23)17-32-14-15-34(5,6)7/h8-11,16,24H,12-15,17H2,1-7H3/t24-/m0/s1. The monoisotopic (exact) mass is 479 g/mol. The number of aryl methyl sites for hydroxylation is 2. The molecule has 3 aromatic rings. The Balaban J connectivity index is 1.76. The number of fused-ring (bicyclic) bond motifs is 3. The number of carbonyl (C=O) groups excluding carboxylic acids is 1. The third-order valence-corrected chi connectivity index (χ3v) is 8.30. The summed E-state index contributed by atoms with van der Waals surface area (Å²) in [7, 11) is 2.42. The minimum absolute atomic E-state index is 0.0128. The number of imidazole rings is 1. The topological polar surface area (TPSA) is 56.6 Å². The van der Waals surface area contributed by atoms with E-state index in [4.69, 9.17) is 14.5 Å². The van der Waals surface area contributed by atoms with Crippen molar-refractivity contribution >= 4 is 25.0 Å². The summed E-state index contributed by atoms with van der Waals surface area (Å²) in [5, 5.41) is 0. The Morgan fingerprint density at radius 1 is 1.24 bits per heavy atom. The summed E-state index contributed by atoms with van der Waals surface area (Å²) >= 11 is 0. The number of aromatic nitrogens is 2. The molecule has 1 atom stereocenters. The lowest BCUT2D eigenvalue weighted by atomic mass is 9.91. The number of hydrogen-bond acceptors (Lipinski definition) is 4. The van der Waals surface area contributed by atoms with Crippen LogP contribution in [-0.4, -0.2) is 49.1 Å². The van der Waals surface area contributed by atoms with Crippen LogP contribution < -0.4 is 4.74 Å². The Labute approximate surface area is 203 Å². The van der Waals surface area contributed by atoms with Gasteiger partial charge in [-0.2, -0.15) is 0 Å². The number of ether oxygens (including phenoxy) is 2. The van der Waals surface area contributed by atoms with Crippen LogP contribution in [-0.2, 0) is 17.9 Å². The highest BCUT2D eigenvalue weighted by molar-refractivity contribution is 6.76. The molecule has 0 radical (unpaired) electrons. The third kappa shape index (κ3) is 4.91. The second kappa shape index (κ2) is 9.54. The molecule has 0 fully saturated rings. The molecule has 1 aliphatic rings. The second-order valence-electron chi connectivity index (χ2n) is 10.7. The molecular formula is C27H37N3O3Si. The lowest BCUT2D eigenvalue weighted by molar-refractivity contribution is 0.0822. The van der Waals surface area contributed by atoms with E-state index >= 15 is 0 Å². The highest BCUT2D eigenvalue weighted by atomic mass is 28.3. The van der Waals surface area contributed by atoms with E-state index < -0.39 is 8.07 Å². The summed E-state index contributed by atoms with van der Waals surface area (Å²) in [5.41, 5.74) is 5.76. The van der Waals surface area contributed by atoms with Gasteiger partial charge in [0.25, 0.3) is 5.91 Å². The van der Waals surface area contributed by atoms with Crippen molar-refractivity contribution in [2.24, 2.45) is 0 Å². The fourth-order valence-corrected chi connectivity index (χ4v) is 5.29. The van der Waals surface area contributed by atoms with Crippen molar-refractivity contribution in [3.05, 3.63) is 58.4 Å². The van der Waals surface area contributed by atoms with Gasteiger partial charge in [0.2, 0.25) is 0 Å². The third-order valence-electron chi connectivity index (χ3n) is 6.60. The predicted octanol–water partition coefficient (Wildman–Crippen LogP) is 5.73. The van der Waals surface area contributed by atoms with Crippen molar-refractivity contribution in [1.82, 2.24) is 14.5 Å². The molecule has 0 aliphatic carbocycles. The van der Waals surface area contributed by atoms with Crippen LogP contribution in [0.3, 0.4) is 0 Å². The summed E-state index contributed by atoms with van der Waals surface area (Å²) in [6.07, 6.45) is 1.55. The fraction of sp³-hybridized carbons (Fsp3) is 0.481. The molecule has 1 aliphatic heterocycles. The average molecular weight is 480 g/mol. The summed E-state index contributed by atoms with van der Waals surface area (Å²) < 4.78 is 14.8. The van der Waals surface area contributed by atoms with Gasteiger partial charge in [0.05, 0.1) is 5.52 Å². The van der Waals surface area contributed by atoms with E-state index in [2.05, 4.69) is 55.4 Å². The normalized spacial score (nSPS) is 15.8. The van der Waals surface area contributed by atoms with Gasteiger partial charge in [0.1, 0.15) is 24.2 Å². The Morgan fingerprint density at radius 3 is 2.65 bits per heavy atom. The van der Waals surface area contributed by atoms with Crippen molar-refractivity contribution in [2.45, 2.75) is 65.2 Å². The summed E-state index contributed by atoms with van der Waals surface area (Å²) in [6.45, 7) is 12.3. The van der Waals surface area contributed by atoms with Gasteiger partial charge in [-0.25, -0.2) is 4.98 Å². The summed E-state index contributed by atoms with van der Waals surface area (Å²) in [4.78, 5) is 19.7. The van der Waals surface area contributed by atoms with Crippen LogP contribution in [0.1, 0.15) is 45.4 Å². The van der Waals surface area contributed by atoms with E-state index in [1.54, 1.807) is 19.0 Å². The van der Waals surface area contributed by atoms with Crippen molar-refractivity contribution in [2.75, 3.05) is 20.7 Å². The maximum absolute atomic E-state index is 13.2. The van der Waals surface area contributed by atoms with Crippen LogP contribution in [0.4, 0.5) is 0 Å². The van der Waals surface area contributed by atoms with E-state index in [-0.39, 0.29) is 12.0 Å². The summed E-state index contributed by atoms with van der Waals surface area (Å²) in [5.74, 6) is 1.59. The molecule has 0 bridgehead atoms. The number of rotatable bonds is 7. The Hall–Kier alpha value is -2.64. The molecule has 1 amide bonds. The average Bonchev–Trinajstić information content (AvgIpc) is 3.10. The van der Waals surface area contributed by atoms with Crippen molar-refractivity contribution < 1.29 is 14.3 Å². The van der Waals surface area contributed by atoms with Gasteiger partial charge in [0.15, 0.2) is 5.75 Å². The lowest BCUT2D eigenvalue weighted by Gasteiger charge is -2.29. The molecule has 0 saturated carbocycles. The quantitative estimate of drug-likeness (QED) is 0.321. The van der Waals surface area contributed by atoms with Crippen LogP contribution in [0.25, 0.3) is 11.0 Å². The van der Waals surface area contributed by atoms with Crippen molar-refractivity contribution in [3.63, 3.8) is 0 Å². The smallest absolute Gasteiger partial charge is 0.253 e. The summed E-state index contributed by atoms with van der Waals surface area (Å²) in [6, 6.07) is 11.4. The molecule has 0 unspecified atom stereocenters. The van der Waals surface area contributed by atoms with Gasteiger partial charge < -0.3 is 18.9 Å². The zero-order valence-corrected chi connectivity index (χ0v) is 22.6. The highest BCUT2D eigenvalue weighted by Crippen LogP contribution is 2.42. The van der Waals surface area contributed by atoms with E-state index in [1.807, 2.05) is 13.0 Å². The largest absolute Gasteiger partial charge is 0.483 e. The van der Waals surface area contributed by atoms with E-state index in [0.29, 0.717) is 12.3 Å². The first-order chi connectivity index (χ1) is 16.1. The molecule has 7 heteroatoms. The van der Waals surface area contributed by atoms with Gasteiger partial charge in [-0.05, 0) is 49.9 Å². The maximum Gasteiger partial charge on any atom is 0.253 e. The van der Waals surface area contributed by atoms with Gasteiger partial charge in [-0.3, -0.25) is 4.79 Å². The number of nitrogens with zero attached hydrogens (tertiary/aromatic N) is 3. The zero-order chi connectivity index (χ0) is 24.6. The van der Waals surface area contributed by atoms with Gasteiger partial charge in [-0.15, -0.1) is 0 Å². The second-order valence-corrected chi connectivity index (χ2v) is 16.4. The molecule has 0 saturated heterocycles. The lowest BCUT2D eigenvalue weighted by Crippen LogP contribution is -2.25. The first kappa shape index (κ1) is 24.5. The van der Waals surface area contributed by atoms with Crippen molar-refractivity contribution in [1.29, 1.82) is 0 Å². The van der Waals surface area contributed by atoms with E-state index in [9.17, 15) is 4.79 Å². The van der Waals surface area contributed by atoms with Gasteiger partial charge in [0, 0.05) is 39.9 Å². The Morgan fingerprint density at radius 2 is 1.97 bits per heavy atom. The first-order valence-corrected chi connectivity index (χ1v) is 15.8. The predicted molar refractivity (Wildman–Crippen MR) is 139 cm³/mol. The molecule has 0 N–H and O–H groups in total. The van der Waals surface area contributed by atoms with Crippen LogP contribution in [0, 0.1) is 13.8 Å². The minimum Gasteiger partial charge on any atom is -0.483 e. The molecular weight excluding hydrogens is 442 g/mol. The van der Waals surface area contributed by atoms with Gasteiger partial charge in [-0.1, -0.05) is 43.9 Å². The molecule has 4 rings (SSSR count). The van der Waals surface area contributed by atoms with E-state index in [1.165, 1.54) is 11.1 Å². The highest BCUT2D eigenvalue weighted by Gasteiger charge is 2.31. The van der Waals surface area contributed by atoms with Crippen LogP contribution in [0.15, 0.2) is 30.3 Å². The number of benzene rings is 2. The molecule has 182 valence electrons. The van der Waals surface area contributed by atoms with Crippen LogP contribution >= 0.6 is 0 Å². The molecule has 6 nitrogen and oxygen atoms in total. The number of hydrogen-bond donors (Lipinski definition) is 0. The molecule has 1 aromatic heterocycles. The SMILES string of the molecule is Cc1ccccc1[C@@H]1CCc2c(C(=O)N(C)C)cc3c(nc(C)n3COCC[Si](C)(C)C)c2O1. The number of carbonyl (C=O) groups is 1. The molecule has 2 aromatic carbocycles. The minimum atomic E-state index is -1.17. The maximum atomic E-state index is 13.2. The zero-order valence-electron chi connectivity index (χ0n) is 21.6. The Kier molecular flexibility index (Phi) is 6.87. The van der Waals surface area contributed by atoms with E-state index in [0.717, 1.165) is 53.7 Å².